The van der Waals surface area contributed by atoms with Gasteiger partial charge in [0.25, 0.3) is 0 Å². The molecule has 0 bridgehead atoms. The molecule has 2 unspecified atom stereocenters. The summed E-state index contributed by atoms with van der Waals surface area (Å²) in [6.07, 6.45) is -9.32. The fourth-order valence-corrected chi connectivity index (χ4v) is 2.43. The molecule has 0 aromatic heterocycles. The number of hydrogen-bond donors (Lipinski definition) is 5. The molecule has 0 aromatic carbocycles. The van der Waals surface area contributed by atoms with Gasteiger partial charge in [-0.3, -0.25) is 0 Å². The third-order valence-corrected chi connectivity index (χ3v) is 3.70. The second-order valence-corrected chi connectivity index (χ2v) is 5.31. The van der Waals surface area contributed by atoms with Crippen LogP contribution in [0.5, 0.6) is 0 Å². The van der Waals surface area contributed by atoms with Crippen molar-refractivity contribution in [1.29, 1.82) is 0 Å². The zero-order valence-electron chi connectivity index (χ0n) is 12.3. The molecular formula is C12H21KO9. The van der Waals surface area contributed by atoms with E-state index in [0.29, 0.717) is 0 Å². The van der Waals surface area contributed by atoms with Crippen molar-refractivity contribution in [2.75, 3.05) is 13.2 Å². The summed E-state index contributed by atoms with van der Waals surface area (Å²) in [6, 6.07) is 0. The molecule has 2 saturated heterocycles. The molecule has 22 heavy (non-hydrogen) atoms. The third kappa shape index (κ3) is 5.39. The Kier molecular flexibility index (Phi) is 9.38. The maximum absolute atomic E-state index is 11.3. The summed E-state index contributed by atoms with van der Waals surface area (Å²) in [4.78, 5) is 0. The Hall–Kier alpha value is 1.28. The summed E-state index contributed by atoms with van der Waals surface area (Å²) in [7, 11) is 0. The van der Waals surface area contributed by atoms with Crippen LogP contribution in [0.3, 0.4) is 0 Å². The summed E-state index contributed by atoms with van der Waals surface area (Å²) in [5.41, 5.74) is 0. The van der Waals surface area contributed by atoms with Crippen LogP contribution in [0.4, 0.5) is 0 Å². The normalized spacial score (nSPS) is 46.1. The second kappa shape index (κ2) is 9.68. The van der Waals surface area contributed by atoms with E-state index in [2.05, 4.69) is 0 Å². The average Bonchev–Trinajstić information content (AvgIpc) is 2.44. The minimum Gasteiger partial charge on any atom is -0.831 e. The van der Waals surface area contributed by atoms with E-state index in [1.165, 1.54) is 0 Å². The first-order valence-corrected chi connectivity index (χ1v) is 6.83. The molecule has 124 valence electrons. The molecule has 2 rings (SSSR count). The van der Waals surface area contributed by atoms with Crippen LogP contribution in [0.15, 0.2) is 0 Å². The first kappa shape index (κ1) is 21.3. The van der Waals surface area contributed by atoms with Crippen molar-refractivity contribution in [2.45, 2.75) is 62.0 Å². The van der Waals surface area contributed by atoms with Gasteiger partial charge in [-0.05, 0) is 12.7 Å². The summed E-state index contributed by atoms with van der Waals surface area (Å²) in [5.74, 6) is 0. The van der Waals surface area contributed by atoms with Gasteiger partial charge in [0.2, 0.25) is 0 Å². The van der Waals surface area contributed by atoms with Crippen LogP contribution in [0.25, 0.3) is 0 Å². The first-order chi connectivity index (χ1) is 9.92. The minimum atomic E-state index is -1.44. The first-order valence-electron chi connectivity index (χ1n) is 6.83. The van der Waals surface area contributed by atoms with Crippen LogP contribution in [0.1, 0.15) is 12.8 Å². The molecule has 5 N–H and O–H groups in total. The average molecular weight is 348 g/mol. The van der Waals surface area contributed by atoms with E-state index < -0.39 is 55.8 Å². The molecule has 0 radical (unpaired) electrons. The van der Waals surface area contributed by atoms with Crippen LogP contribution in [-0.4, -0.2) is 88.0 Å². The molecule has 0 aliphatic carbocycles. The third-order valence-electron chi connectivity index (χ3n) is 3.70. The number of aliphatic hydroxyl groups is 5. The Balaban J connectivity index is 0.00000242. The fourth-order valence-electron chi connectivity index (χ4n) is 2.43. The molecule has 8 atom stereocenters. The fraction of sp³-hybridized carbons (Fsp3) is 1.00. The molecule has 2 heterocycles. The van der Waals surface area contributed by atoms with Crippen molar-refractivity contribution < 1.29 is 96.2 Å². The van der Waals surface area contributed by atoms with Gasteiger partial charge in [-0.15, -0.1) is 0 Å². The summed E-state index contributed by atoms with van der Waals surface area (Å²) >= 11 is 0. The van der Waals surface area contributed by atoms with Gasteiger partial charge in [-0.2, -0.15) is 0 Å². The molecule has 0 spiro atoms. The van der Waals surface area contributed by atoms with E-state index in [0.717, 1.165) is 0 Å². The maximum atomic E-state index is 11.3. The van der Waals surface area contributed by atoms with Crippen LogP contribution in [-0.2, 0) is 14.2 Å². The zero-order chi connectivity index (χ0) is 15.6. The molecule has 2 aliphatic heterocycles. The van der Waals surface area contributed by atoms with Gasteiger partial charge < -0.3 is 44.8 Å². The standard InChI is InChI=1S/C12H21O9.K/c13-3-7-11(17)6(15)2-10(21-7)19-4-8-12(18)5(14)1-9(16)20-8;/h5-15,17-18H,1-4H2;/q-1;+1/t5-,6?,7?,8-,9+,10+,11+,12+;/m1./s1. The SMILES string of the molecule is [K+].[O-][C@@H]1C[C@@H](O)[C@H](O)[C@@H](CO[C@@H]2CC(O)[C@H](O)C(CO)O2)O1. The van der Waals surface area contributed by atoms with E-state index in [9.17, 15) is 25.5 Å². The molecule has 0 aromatic rings. The van der Waals surface area contributed by atoms with Crippen molar-refractivity contribution in [2.24, 2.45) is 0 Å². The van der Waals surface area contributed by atoms with Crippen molar-refractivity contribution in [3.8, 4) is 0 Å². The molecule has 2 aliphatic rings. The van der Waals surface area contributed by atoms with Gasteiger partial charge >= 0.3 is 51.4 Å². The van der Waals surface area contributed by atoms with Gasteiger partial charge in [0.05, 0.1) is 25.4 Å². The number of aliphatic hydroxyl groups excluding tert-OH is 5. The van der Waals surface area contributed by atoms with Gasteiger partial charge in [0.15, 0.2) is 6.29 Å². The van der Waals surface area contributed by atoms with Crippen LogP contribution in [0.2, 0.25) is 0 Å². The van der Waals surface area contributed by atoms with E-state index in [4.69, 9.17) is 19.3 Å². The van der Waals surface area contributed by atoms with E-state index in [1.54, 1.807) is 0 Å². The van der Waals surface area contributed by atoms with Crippen LogP contribution < -0.4 is 56.5 Å². The molecule has 2 fully saturated rings. The Labute approximate surface area is 170 Å². The summed E-state index contributed by atoms with van der Waals surface area (Å²) in [5, 5.41) is 58.7. The topological polar surface area (TPSA) is 152 Å². The quantitative estimate of drug-likeness (QED) is 0.312. The largest absolute Gasteiger partial charge is 1.00 e. The molecule has 0 amide bonds. The van der Waals surface area contributed by atoms with E-state index in [1.807, 2.05) is 0 Å². The van der Waals surface area contributed by atoms with Crippen molar-refractivity contribution in [3.05, 3.63) is 0 Å². The summed E-state index contributed by atoms with van der Waals surface area (Å²) in [6.45, 7) is -0.704. The predicted molar refractivity (Wildman–Crippen MR) is 63.6 cm³/mol. The van der Waals surface area contributed by atoms with E-state index in [-0.39, 0.29) is 70.8 Å². The number of hydrogen-bond acceptors (Lipinski definition) is 9. The Morgan fingerprint density at radius 3 is 2.18 bits per heavy atom. The number of ether oxygens (including phenoxy) is 3. The van der Waals surface area contributed by atoms with Crippen molar-refractivity contribution in [1.82, 2.24) is 0 Å². The predicted octanol–water partition coefficient (Wildman–Crippen LogP) is -6.97. The number of rotatable bonds is 4. The van der Waals surface area contributed by atoms with Gasteiger partial charge in [0.1, 0.15) is 24.4 Å². The van der Waals surface area contributed by atoms with Gasteiger partial charge in [0, 0.05) is 6.42 Å². The van der Waals surface area contributed by atoms with Crippen molar-refractivity contribution in [3.63, 3.8) is 0 Å². The van der Waals surface area contributed by atoms with Gasteiger partial charge in [-0.1, -0.05) is 0 Å². The molecule has 9 nitrogen and oxygen atoms in total. The molecule has 10 heteroatoms. The Morgan fingerprint density at radius 2 is 1.55 bits per heavy atom. The second-order valence-electron chi connectivity index (χ2n) is 5.31. The van der Waals surface area contributed by atoms with Crippen molar-refractivity contribution >= 4 is 0 Å². The monoisotopic (exact) mass is 348 g/mol. The molecule has 0 saturated carbocycles. The smallest absolute Gasteiger partial charge is 0.831 e. The minimum absolute atomic E-state index is 0. The van der Waals surface area contributed by atoms with E-state index >= 15 is 0 Å². The zero-order valence-corrected chi connectivity index (χ0v) is 15.4. The Morgan fingerprint density at radius 1 is 0.955 bits per heavy atom. The van der Waals surface area contributed by atoms with Crippen LogP contribution >= 0.6 is 0 Å². The summed E-state index contributed by atoms with van der Waals surface area (Å²) < 4.78 is 15.5. The Bertz CT molecular complexity index is 334. The van der Waals surface area contributed by atoms with Gasteiger partial charge in [-0.25, -0.2) is 0 Å². The molecular weight excluding hydrogens is 327 g/mol. The van der Waals surface area contributed by atoms with Crippen LogP contribution in [0, 0.1) is 0 Å². The maximum Gasteiger partial charge on any atom is 1.00 e.